The molecular formula is C22H29N3O2S. The van der Waals surface area contributed by atoms with Crippen molar-refractivity contribution in [3.05, 3.63) is 47.0 Å². The molecule has 0 unspecified atom stereocenters. The third kappa shape index (κ3) is 3.36. The van der Waals surface area contributed by atoms with Crippen molar-refractivity contribution in [1.82, 2.24) is 9.88 Å². The largest absolute Gasteiger partial charge is 0.396 e. The predicted octanol–water partition coefficient (Wildman–Crippen LogP) is 2.94. The monoisotopic (exact) mass is 399 g/mol. The molecule has 150 valence electrons. The van der Waals surface area contributed by atoms with Gasteiger partial charge < -0.3 is 14.7 Å². The van der Waals surface area contributed by atoms with E-state index in [4.69, 9.17) is 4.74 Å². The highest BCUT2D eigenvalue weighted by atomic mass is 32.1. The highest BCUT2D eigenvalue weighted by Gasteiger charge is 2.55. The summed E-state index contributed by atoms with van der Waals surface area (Å²) in [6, 6.07) is 11.7. The molecule has 3 fully saturated rings. The Balaban J connectivity index is 1.31. The SMILES string of the molecule is OC[C@]1(Cc2ccccc2)C[C@@H]2CC[C@H]1N2Cc1cnc(N2CCOCC2)s1. The highest BCUT2D eigenvalue weighted by Crippen LogP contribution is 2.52. The van der Waals surface area contributed by atoms with Gasteiger partial charge in [-0.15, -0.1) is 11.3 Å². The van der Waals surface area contributed by atoms with Gasteiger partial charge in [0.2, 0.25) is 0 Å². The molecule has 6 heteroatoms. The summed E-state index contributed by atoms with van der Waals surface area (Å²) in [5.41, 5.74) is 1.35. The Kier molecular flexibility index (Phi) is 5.13. The Morgan fingerprint density at radius 1 is 1.18 bits per heavy atom. The van der Waals surface area contributed by atoms with Gasteiger partial charge in [-0.05, 0) is 31.2 Å². The summed E-state index contributed by atoms with van der Waals surface area (Å²) in [5, 5.41) is 11.5. The molecule has 0 saturated carbocycles. The smallest absolute Gasteiger partial charge is 0.185 e. The van der Waals surface area contributed by atoms with Crippen LogP contribution in [0, 0.1) is 5.41 Å². The van der Waals surface area contributed by atoms with E-state index in [1.54, 1.807) is 0 Å². The second kappa shape index (κ2) is 7.75. The average Bonchev–Trinajstić information content (AvgIpc) is 3.44. The summed E-state index contributed by atoms with van der Waals surface area (Å²) in [4.78, 5) is 11.0. The van der Waals surface area contributed by atoms with Crippen LogP contribution in [-0.2, 0) is 17.7 Å². The van der Waals surface area contributed by atoms with Crippen LogP contribution in [-0.4, -0.2) is 60.0 Å². The van der Waals surface area contributed by atoms with Crippen LogP contribution in [0.5, 0.6) is 0 Å². The van der Waals surface area contributed by atoms with E-state index >= 15 is 0 Å². The summed E-state index contributed by atoms with van der Waals surface area (Å²) < 4.78 is 5.46. The molecule has 2 aromatic rings. The molecule has 5 nitrogen and oxygen atoms in total. The standard InChI is InChI=1S/C22H29N3O2S/c26-16-22(12-17-4-2-1-3-5-17)13-18-6-7-20(22)25(18)15-19-14-23-21(28-19)24-8-10-27-11-9-24/h1-5,14,18,20,26H,6-13,15-16H2/t18-,20+,22-/m0/s1. The first-order valence-electron chi connectivity index (χ1n) is 10.5. The number of aromatic nitrogens is 1. The van der Waals surface area contributed by atoms with Gasteiger partial charge in [-0.25, -0.2) is 4.98 Å². The van der Waals surface area contributed by atoms with E-state index in [9.17, 15) is 5.11 Å². The molecule has 0 aliphatic carbocycles. The number of hydrogen-bond donors (Lipinski definition) is 1. The molecule has 4 heterocycles. The van der Waals surface area contributed by atoms with Gasteiger partial charge in [-0.3, -0.25) is 4.90 Å². The summed E-state index contributed by atoms with van der Waals surface area (Å²) in [7, 11) is 0. The van der Waals surface area contributed by atoms with E-state index in [-0.39, 0.29) is 12.0 Å². The summed E-state index contributed by atoms with van der Waals surface area (Å²) in [5.74, 6) is 0. The maximum Gasteiger partial charge on any atom is 0.185 e. The van der Waals surface area contributed by atoms with E-state index in [0.717, 1.165) is 50.8 Å². The number of morpholine rings is 1. The number of rotatable bonds is 6. The molecule has 2 bridgehead atoms. The number of anilines is 1. The van der Waals surface area contributed by atoms with Crippen molar-refractivity contribution in [2.24, 2.45) is 5.41 Å². The number of aliphatic hydroxyl groups is 1. The van der Waals surface area contributed by atoms with E-state index in [1.807, 2.05) is 11.3 Å². The van der Waals surface area contributed by atoms with Crippen molar-refractivity contribution < 1.29 is 9.84 Å². The van der Waals surface area contributed by atoms with Gasteiger partial charge in [0.15, 0.2) is 5.13 Å². The Labute approximate surface area is 171 Å². The number of ether oxygens (including phenoxy) is 1. The van der Waals surface area contributed by atoms with Gasteiger partial charge in [0.25, 0.3) is 0 Å². The van der Waals surface area contributed by atoms with Gasteiger partial charge in [-0.1, -0.05) is 30.3 Å². The van der Waals surface area contributed by atoms with Crippen molar-refractivity contribution in [3.8, 4) is 0 Å². The summed E-state index contributed by atoms with van der Waals surface area (Å²) in [6.07, 6.45) is 6.61. The lowest BCUT2D eigenvalue weighted by Crippen LogP contribution is -2.41. The molecule has 1 aromatic carbocycles. The lowest BCUT2D eigenvalue weighted by atomic mass is 9.70. The van der Waals surface area contributed by atoms with E-state index in [1.165, 1.54) is 23.3 Å². The quantitative estimate of drug-likeness (QED) is 0.809. The van der Waals surface area contributed by atoms with Crippen molar-refractivity contribution in [2.75, 3.05) is 37.8 Å². The Hall–Kier alpha value is -1.47. The van der Waals surface area contributed by atoms with Crippen LogP contribution < -0.4 is 4.90 Å². The molecule has 1 N–H and O–H groups in total. The third-order valence-electron chi connectivity index (χ3n) is 6.87. The molecule has 3 aliphatic rings. The van der Waals surface area contributed by atoms with Crippen LogP contribution in [0.1, 0.15) is 29.7 Å². The molecule has 0 radical (unpaired) electrons. The minimum absolute atomic E-state index is 0.00198. The zero-order valence-corrected chi connectivity index (χ0v) is 17.1. The average molecular weight is 400 g/mol. The molecule has 3 aliphatic heterocycles. The first-order valence-corrected chi connectivity index (χ1v) is 11.3. The van der Waals surface area contributed by atoms with E-state index < -0.39 is 0 Å². The number of nitrogens with zero attached hydrogens (tertiary/aromatic N) is 3. The van der Waals surface area contributed by atoms with Gasteiger partial charge in [0.1, 0.15) is 0 Å². The van der Waals surface area contributed by atoms with Gasteiger partial charge >= 0.3 is 0 Å². The van der Waals surface area contributed by atoms with E-state index in [0.29, 0.717) is 12.1 Å². The van der Waals surface area contributed by atoms with Crippen LogP contribution in [0.3, 0.4) is 0 Å². The normalized spacial score (nSPS) is 30.2. The summed E-state index contributed by atoms with van der Waals surface area (Å²) in [6.45, 7) is 4.71. The molecule has 0 spiro atoms. The Morgan fingerprint density at radius 3 is 2.79 bits per heavy atom. The van der Waals surface area contributed by atoms with Gasteiger partial charge in [0.05, 0.1) is 19.8 Å². The lowest BCUT2D eigenvalue weighted by molar-refractivity contribution is 0.0753. The van der Waals surface area contributed by atoms with Gasteiger partial charge in [-0.2, -0.15) is 0 Å². The Bertz CT molecular complexity index is 792. The molecular weight excluding hydrogens is 370 g/mol. The third-order valence-corrected chi connectivity index (χ3v) is 7.91. The fourth-order valence-corrected chi connectivity index (χ4v) is 6.50. The number of fused-ring (bicyclic) bond motifs is 2. The second-order valence-electron chi connectivity index (χ2n) is 8.51. The zero-order chi connectivity index (χ0) is 19.0. The summed E-state index contributed by atoms with van der Waals surface area (Å²) >= 11 is 1.82. The molecule has 3 saturated heterocycles. The molecule has 5 rings (SSSR count). The molecule has 1 aromatic heterocycles. The van der Waals surface area contributed by atoms with Crippen molar-refractivity contribution in [1.29, 1.82) is 0 Å². The maximum absolute atomic E-state index is 10.4. The van der Waals surface area contributed by atoms with Crippen LogP contribution in [0.4, 0.5) is 5.13 Å². The second-order valence-corrected chi connectivity index (χ2v) is 9.61. The van der Waals surface area contributed by atoms with E-state index in [2.05, 4.69) is 51.3 Å². The van der Waals surface area contributed by atoms with Crippen molar-refractivity contribution >= 4 is 16.5 Å². The fraction of sp³-hybridized carbons (Fsp3) is 0.591. The minimum atomic E-state index is 0.00198. The molecule has 28 heavy (non-hydrogen) atoms. The first-order chi connectivity index (χ1) is 13.8. The number of hydrogen-bond acceptors (Lipinski definition) is 6. The predicted molar refractivity (Wildman–Crippen MR) is 112 cm³/mol. The van der Waals surface area contributed by atoms with Crippen LogP contribution in [0.25, 0.3) is 0 Å². The van der Waals surface area contributed by atoms with Gasteiger partial charge in [0, 0.05) is 48.2 Å². The zero-order valence-electron chi connectivity index (χ0n) is 16.3. The van der Waals surface area contributed by atoms with Crippen molar-refractivity contribution in [2.45, 2.75) is 44.3 Å². The van der Waals surface area contributed by atoms with Crippen LogP contribution in [0.2, 0.25) is 0 Å². The molecule has 0 amide bonds. The first kappa shape index (κ1) is 18.6. The lowest BCUT2D eigenvalue weighted by Gasteiger charge is -2.36. The number of aliphatic hydroxyl groups excluding tert-OH is 1. The fourth-order valence-electron chi connectivity index (χ4n) is 5.53. The van der Waals surface area contributed by atoms with Crippen LogP contribution in [0.15, 0.2) is 36.5 Å². The maximum atomic E-state index is 10.4. The topological polar surface area (TPSA) is 48.8 Å². The highest BCUT2D eigenvalue weighted by molar-refractivity contribution is 7.15. The number of thiazole rings is 1. The minimum Gasteiger partial charge on any atom is -0.396 e. The van der Waals surface area contributed by atoms with Crippen molar-refractivity contribution in [3.63, 3.8) is 0 Å². The number of benzene rings is 1. The molecule has 3 atom stereocenters. The Morgan fingerprint density at radius 2 is 2.00 bits per heavy atom. The van der Waals surface area contributed by atoms with Crippen LogP contribution >= 0.6 is 11.3 Å².